The molecule has 1 amide bonds. The van der Waals surface area contributed by atoms with Gasteiger partial charge in [0.05, 0.1) is 5.52 Å². The third kappa shape index (κ3) is 3.52. The highest BCUT2D eigenvalue weighted by Crippen LogP contribution is 2.25. The number of benzene rings is 1. The molecule has 1 fully saturated rings. The van der Waals surface area contributed by atoms with E-state index < -0.39 is 0 Å². The number of ether oxygens (including phenoxy) is 1. The van der Waals surface area contributed by atoms with Crippen LogP contribution in [0.2, 0.25) is 5.02 Å². The smallest absolute Gasteiger partial charge is 0.291 e. The van der Waals surface area contributed by atoms with Gasteiger partial charge in [0.2, 0.25) is 5.91 Å². The fourth-order valence-electron chi connectivity index (χ4n) is 3.67. The predicted molar refractivity (Wildman–Crippen MR) is 108 cm³/mol. The molecule has 0 unspecified atom stereocenters. The highest BCUT2D eigenvalue weighted by atomic mass is 35.5. The minimum Gasteiger partial charge on any atom is -0.381 e. The summed E-state index contributed by atoms with van der Waals surface area (Å²) in [5.74, 6) is 0.588. The molecule has 0 atom stereocenters. The van der Waals surface area contributed by atoms with Crippen LogP contribution in [-0.4, -0.2) is 39.3 Å². The fraction of sp³-hybridized carbons (Fsp3) is 0.450. The molecule has 4 rings (SSSR count). The lowest BCUT2D eigenvalue weighted by molar-refractivity contribution is -0.123. The lowest BCUT2D eigenvalue weighted by Crippen LogP contribution is -2.42. The van der Waals surface area contributed by atoms with E-state index in [4.69, 9.17) is 16.3 Å². The van der Waals surface area contributed by atoms with Crippen LogP contribution in [0.1, 0.15) is 38.4 Å². The van der Waals surface area contributed by atoms with Gasteiger partial charge >= 0.3 is 0 Å². The number of carbonyl (C=O) groups is 1. The molecule has 28 heavy (non-hydrogen) atoms. The number of halogens is 1. The van der Waals surface area contributed by atoms with Crippen LogP contribution >= 0.6 is 11.6 Å². The summed E-state index contributed by atoms with van der Waals surface area (Å²) in [6.07, 6.45) is 1.57. The normalized spacial score (nSPS) is 15.6. The zero-order valence-corrected chi connectivity index (χ0v) is 16.7. The number of hydrogen-bond acceptors (Lipinski definition) is 4. The summed E-state index contributed by atoms with van der Waals surface area (Å²) in [4.78, 5) is 25.5. The molecule has 2 aromatic heterocycles. The Balaban J connectivity index is 1.74. The van der Waals surface area contributed by atoms with E-state index in [1.54, 1.807) is 6.07 Å². The van der Waals surface area contributed by atoms with E-state index in [0.29, 0.717) is 23.8 Å². The molecule has 0 spiro atoms. The molecule has 1 aliphatic rings. The molecule has 1 aliphatic heterocycles. The first kappa shape index (κ1) is 19.0. The maximum atomic E-state index is 13.0. The third-order valence-electron chi connectivity index (χ3n) is 5.07. The molecule has 3 heterocycles. The molecule has 1 saturated heterocycles. The quantitative estimate of drug-likeness (QED) is 0.727. The molecule has 1 N–H and O–H groups in total. The number of rotatable bonds is 4. The molecule has 0 aliphatic carbocycles. The Bertz CT molecular complexity index is 1100. The van der Waals surface area contributed by atoms with Gasteiger partial charge in [-0.3, -0.25) is 14.0 Å². The van der Waals surface area contributed by atoms with Crippen molar-refractivity contribution in [2.75, 3.05) is 13.2 Å². The Hall–Kier alpha value is -2.38. The van der Waals surface area contributed by atoms with Gasteiger partial charge in [-0.05, 0) is 37.1 Å². The maximum Gasteiger partial charge on any atom is 0.291 e. The number of fused-ring (bicyclic) bond motifs is 3. The Kier molecular flexibility index (Phi) is 5.12. The number of hydrogen-bond donors (Lipinski definition) is 1. The van der Waals surface area contributed by atoms with Crippen LogP contribution in [0.4, 0.5) is 0 Å². The van der Waals surface area contributed by atoms with Crippen LogP contribution in [0.25, 0.3) is 16.4 Å². The van der Waals surface area contributed by atoms with Gasteiger partial charge in [0, 0.05) is 35.6 Å². The van der Waals surface area contributed by atoms with E-state index in [9.17, 15) is 9.59 Å². The lowest BCUT2D eigenvalue weighted by Gasteiger charge is -2.23. The highest BCUT2D eigenvalue weighted by molar-refractivity contribution is 6.31. The number of aromatic nitrogens is 3. The van der Waals surface area contributed by atoms with Gasteiger partial charge in [-0.2, -0.15) is 5.10 Å². The van der Waals surface area contributed by atoms with Crippen LogP contribution in [-0.2, 0) is 16.1 Å². The van der Waals surface area contributed by atoms with Crippen molar-refractivity contribution < 1.29 is 9.53 Å². The van der Waals surface area contributed by atoms with Crippen molar-refractivity contribution in [3.8, 4) is 0 Å². The zero-order valence-electron chi connectivity index (χ0n) is 15.9. The first-order valence-electron chi connectivity index (χ1n) is 9.53. The predicted octanol–water partition coefficient (Wildman–Crippen LogP) is 2.72. The summed E-state index contributed by atoms with van der Waals surface area (Å²) < 4.78 is 8.45. The molecule has 148 valence electrons. The molecule has 1 aromatic carbocycles. The maximum absolute atomic E-state index is 13.0. The zero-order chi connectivity index (χ0) is 19.8. The summed E-state index contributed by atoms with van der Waals surface area (Å²) in [6.45, 7) is 5.22. The van der Waals surface area contributed by atoms with Gasteiger partial charge in [0.15, 0.2) is 0 Å². The SMILES string of the molecule is CC(C)c1nn(CC(=O)NC2CCOCC2)c(=O)c2cc3cc(Cl)ccc3n12. The topological polar surface area (TPSA) is 77.6 Å². The minimum absolute atomic E-state index is 0.0687. The number of amides is 1. The van der Waals surface area contributed by atoms with Crippen molar-refractivity contribution in [3.63, 3.8) is 0 Å². The molecule has 0 bridgehead atoms. The highest BCUT2D eigenvalue weighted by Gasteiger charge is 2.20. The van der Waals surface area contributed by atoms with Crippen molar-refractivity contribution in [2.45, 2.75) is 45.2 Å². The Morgan fingerprint density at radius 3 is 2.75 bits per heavy atom. The van der Waals surface area contributed by atoms with Crippen LogP contribution < -0.4 is 10.9 Å². The van der Waals surface area contributed by atoms with Crippen LogP contribution in [0, 0.1) is 0 Å². The summed E-state index contributed by atoms with van der Waals surface area (Å²) in [6, 6.07) is 7.41. The van der Waals surface area contributed by atoms with Gasteiger partial charge in [-0.25, -0.2) is 4.68 Å². The number of nitrogens with zero attached hydrogens (tertiary/aromatic N) is 3. The van der Waals surface area contributed by atoms with Crippen LogP contribution in [0.5, 0.6) is 0 Å². The van der Waals surface area contributed by atoms with Crippen molar-refractivity contribution in [2.24, 2.45) is 0 Å². The average molecular weight is 403 g/mol. The standard InChI is InChI=1S/C20H23ClN4O3/c1-12(2)19-23-24(11-18(26)22-15-5-7-28-8-6-15)20(27)17-10-13-9-14(21)3-4-16(13)25(17)19/h3-4,9-10,12,15H,5-8,11H2,1-2H3,(H,22,26). The van der Waals surface area contributed by atoms with Gasteiger partial charge in [0.1, 0.15) is 17.9 Å². The van der Waals surface area contributed by atoms with Crippen LogP contribution in [0.15, 0.2) is 29.1 Å². The largest absolute Gasteiger partial charge is 0.381 e. The first-order chi connectivity index (χ1) is 13.4. The van der Waals surface area contributed by atoms with Gasteiger partial charge in [-0.1, -0.05) is 25.4 Å². The second-order valence-electron chi connectivity index (χ2n) is 7.50. The van der Waals surface area contributed by atoms with E-state index >= 15 is 0 Å². The second kappa shape index (κ2) is 7.56. The fourth-order valence-corrected chi connectivity index (χ4v) is 3.85. The van der Waals surface area contributed by atoms with E-state index in [1.165, 1.54) is 4.68 Å². The Labute approximate surface area is 167 Å². The van der Waals surface area contributed by atoms with Gasteiger partial charge in [0.25, 0.3) is 5.56 Å². The monoisotopic (exact) mass is 402 g/mol. The van der Waals surface area contributed by atoms with Crippen molar-refractivity contribution >= 4 is 33.9 Å². The summed E-state index contributed by atoms with van der Waals surface area (Å²) in [5.41, 5.74) is 1.08. The van der Waals surface area contributed by atoms with E-state index in [-0.39, 0.29) is 30.0 Å². The molecular weight excluding hydrogens is 380 g/mol. The van der Waals surface area contributed by atoms with Crippen LogP contribution in [0.3, 0.4) is 0 Å². The molecular formula is C20H23ClN4O3. The Morgan fingerprint density at radius 1 is 1.29 bits per heavy atom. The van der Waals surface area contributed by atoms with Crippen molar-refractivity contribution in [1.29, 1.82) is 0 Å². The van der Waals surface area contributed by atoms with E-state index in [0.717, 1.165) is 29.6 Å². The Morgan fingerprint density at radius 2 is 2.04 bits per heavy atom. The first-order valence-corrected chi connectivity index (χ1v) is 9.90. The van der Waals surface area contributed by atoms with Crippen molar-refractivity contribution in [1.82, 2.24) is 19.5 Å². The molecule has 7 nitrogen and oxygen atoms in total. The molecule has 0 radical (unpaired) electrons. The molecule has 3 aromatic rings. The average Bonchev–Trinajstić information content (AvgIpc) is 3.03. The third-order valence-corrected chi connectivity index (χ3v) is 5.30. The number of nitrogens with one attached hydrogen (secondary N) is 1. The van der Waals surface area contributed by atoms with Gasteiger partial charge in [-0.15, -0.1) is 0 Å². The van der Waals surface area contributed by atoms with E-state index in [2.05, 4.69) is 10.4 Å². The lowest BCUT2D eigenvalue weighted by atomic mass is 10.1. The number of carbonyl (C=O) groups excluding carboxylic acids is 1. The van der Waals surface area contributed by atoms with Gasteiger partial charge < -0.3 is 10.1 Å². The van der Waals surface area contributed by atoms with Crippen molar-refractivity contribution in [3.05, 3.63) is 45.5 Å². The van der Waals surface area contributed by atoms with E-state index in [1.807, 2.05) is 36.4 Å². The summed E-state index contributed by atoms with van der Waals surface area (Å²) >= 11 is 6.11. The molecule has 0 saturated carbocycles. The summed E-state index contributed by atoms with van der Waals surface area (Å²) in [7, 11) is 0. The minimum atomic E-state index is -0.293. The molecule has 8 heteroatoms. The second-order valence-corrected chi connectivity index (χ2v) is 7.93. The summed E-state index contributed by atoms with van der Waals surface area (Å²) in [5, 5.41) is 8.99.